The summed E-state index contributed by atoms with van der Waals surface area (Å²) < 4.78 is 5.16. The molecule has 0 radical (unpaired) electrons. The molecule has 0 aromatic heterocycles. The molecule has 0 saturated carbocycles. The summed E-state index contributed by atoms with van der Waals surface area (Å²) in [7, 11) is 1.55. The molecule has 0 aliphatic carbocycles. The molecule has 0 saturated heterocycles. The quantitative estimate of drug-likeness (QED) is 0.819. The predicted octanol–water partition coefficient (Wildman–Crippen LogP) is 3.29. The van der Waals surface area contributed by atoms with Crippen LogP contribution in [0.3, 0.4) is 0 Å². The van der Waals surface area contributed by atoms with E-state index in [-0.39, 0.29) is 12.5 Å². The van der Waals surface area contributed by atoms with Gasteiger partial charge in [-0.25, -0.2) is 0 Å². The first kappa shape index (κ1) is 17.8. The Balaban J connectivity index is 2.12. The Morgan fingerprint density at radius 1 is 1.12 bits per heavy atom. The highest BCUT2D eigenvalue weighted by Crippen LogP contribution is 2.23. The number of amides is 1. The number of carbonyl (C=O) groups is 1. The van der Waals surface area contributed by atoms with Crippen molar-refractivity contribution in [2.75, 3.05) is 30.4 Å². The van der Waals surface area contributed by atoms with Crippen LogP contribution in [0.2, 0.25) is 0 Å². The number of benzene rings is 2. The molecule has 1 amide bonds. The Bertz CT molecular complexity index is 680. The molecule has 0 atom stereocenters. The van der Waals surface area contributed by atoms with Gasteiger partial charge in [-0.3, -0.25) is 4.79 Å². The molecule has 0 fully saturated rings. The van der Waals surface area contributed by atoms with Crippen LogP contribution in [0.15, 0.2) is 42.5 Å². The molecule has 2 rings (SSSR count). The number of hydrogen-bond acceptors (Lipinski definition) is 4. The number of aliphatic hydroxyl groups is 1. The van der Waals surface area contributed by atoms with E-state index >= 15 is 0 Å². The van der Waals surface area contributed by atoms with Gasteiger partial charge in [0.15, 0.2) is 0 Å². The second kappa shape index (κ2) is 8.36. The Morgan fingerprint density at radius 2 is 1.79 bits per heavy atom. The Morgan fingerprint density at radius 3 is 2.33 bits per heavy atom. The van der Waals surface area contributed by atoms with Gasteiger partial charge in [-0.15, -0.1) is 0 Å². The van der Waals surface area contributed by atoms with Crippen molar-refractivity contribution in [3.05, 3.63) is 53.6 Å². The summed E-state index contributed by atoms with van der Waals surface area (Å²) >= 11 is 0. The first-order chi connectivity index (χ1) is 11.6. The van der Waals surface area contributed by atoms with Gasteiger partial charge in [0.05, 0.1) is 13.7 Å². The van der Waals surface area contributed by atoms with Crippen LogP contribution >= 0.6 is 0 Å². The van der Waals surface area contributed by atoms with Crippen LogP contribution in [0.4, 0.5) is 11.4 Å². The Kier molecular flexibility index (Phi) is 6.21. The molecule has 5 heteroatoms. The van der Waals surface area contributed by atoms with Crippen molar-refractivity contribution in [1.82, 2.24) is 0 Å². The number of hydrogen-bond donors (Lipinski definition) is 2. The lowest BCUT2D eigenvalue weighted by Crippen LogP contribution is -2.21. The van der Waals surface area contributed by atoms with Crippen molar-refractivity contribution < 1.29 is 14.6 Å². The summed E-state index contributed by atoms with van der Waals surface area (Å²) in [5.74, 6) is 0.411. The minimum atomic E-state index is -0.185. The van der Waals surface area contributed by atoms with Gasteiger partial charge in [0.1, 0.15) is 5.75 Å². The normalized spacial score (nSPS) is 10.3. The van der Waals surface area contributed by atoms with Gasteiger partial charge in [0.25, 0.3) is 5.91 Å². The van der Waals surface area contributed by atoms with E-state index < -0.39 is 0 Å². The molecular formula is C19H24N2O3. The van der Waals surface area contributed by atoms with Crippen molar-refractivity contribution in [3.8, 4) is 5.75 Å². The number of carbonyl (C=O) groups excluding carboxylic acids is 1. The maximum Gasteiger partial charge on any atom is 0.255 e. The third-order valence-corrected chi connectivity index (χ3v) is 3.97. The summed E-state index contributed by atoms with van der Waals surface area (Å²) in [5, 5.41) is 12.2. The highest BCUT2D eigenvalue weighted by atomic mass is 16.5. The van der Waals surface area contributed by atoms with Gasteiger partial charge < -0.3 is 20.1 Å². The second-order valence-corrected chi connectivity index (χ2v) is 5.36. The zero-order valence-corrected chi connectivity index (χ0v) is 14.4. The van der Waals surface area contributed by atoms with Crippen LogP contribution in [0.1, 0.15) is 29.8 Å². The van der Waals surface area contributed by atoms with E-state index in [4.69, 9.17) is 4.74 Å². The van der Waals surface area contributed by atoms with Crippen LogP contribution < -0.4 is 15.0 Å². The largest absolute Gasteiger partial charge is 0.496 e. The fraction of sp³-hybridized carbons (Fsp3) is 0.316. The van der Waals surface area contributed by atoms with Gasteiger partial charge in [-0.2, -0.15) is 0 Å². The molecule has 2 aromatic rings. The fourth-order valence-electron chi connectivity index (χ4n) is 2.60. The van der Waals surface area contributed by atoms with Gasteiger partial charge in [0, 0.05) is 35.6 Å². The summed E-state index contributed by atoms with van der Waals surface area (Å²) in [6.45, 7) is 5.92. The first-order valence-electron chi connectivity index (χ1n) is 8.07. The zero-order chi connectivity index (χ0) is 17.5. The summed E-state index contributed by atoms with van der Waals surface area (Å²) in [4.78, 5) is 14.6. The van der Waals surface area contributed by atoms with Crippen LogP contribution in [-0.2, 0) is 6.61 Å². The maximum absolute atomic E-state index is 12.4. The van der Waals surface area contributed by atoms with E-state index in [2.05, 4.69) is 24.1 Å². The van der Waals surface area contributed by atoms with Crippen LogP contribution in [0.25, 0.3) is 0 Å². The van der Waals surface area contributed by atoms with Gasteiger partial charge in [0.2, 0.25) is 0 Å². The molecular weight excluding hydrogens is 304 g/mol. The number of ether oxygens (including phenoxy) is 1. The van der Waals surface area contributed by atoms with Crippen LogP contribution in [0, 0.1) is 0 Å². The average molecular weight is 328 g/mol. The molecule has 128 valence electrons. The third kappa shape index (κ3) is 4.06. The van der Waals surface area contributed by atoms with Crippen molar-refractivity contribution in [2.45, 2.75) is 20.5 Å². The number of aliphatic hydroxyl groups excluding tert-OH is 1. The molecule has 0 heterocycles. The lowest BCUT2D eigenvalue weighted by Gasteiger charge is -2.21. The molecule has 0 bridgehead atoms. The number of rotatable bonds is 7. The maximum atomic E-state index is 12.4. The molecule has 5 nitrogen and oxygen atoms in total. The van der Waals surface area contributed by atoms with Crippen LogP contribution in [-0.4, -0.2) is 31.2 Å². The van der Waals surface area contributed by atoms with Crippen molar-refractivity contribution >= 4 is 17.3 Å². The van der Waals surface area contributed by atoms with Gasteiger partial charge >= 0.3 is 0 Å². The number of methoxy groups -OCH3 is 1. The molecule has 0 aliphatic heterocycles. The third-order valence-electron chi connectivity index (χ3n) is 3.97. The minimum Gasteiger partial charge on any atom is -0.496 e. The molecule has 0 unspecified atom stereocenters. The van der Waals surface area contributed by atoms with E-state index in [1.807, 2.05) is 24.3 Å². The van der Waals surface area contributed by atoms with E-state index in [1.54, 1.807) is 25.3 Å². The minimum absolute atomic E-state index is 0.147. The molecule has 2 aromatic carbocycles. The smallest absolute Gasteiger partial charge is 0.255 e. The first-order valence-corrected chi connectivity index (χ1v) is 8.07. The molecule has 0 aliphatic rings. The van der Waals surface area contributed by atoms with E-state index in [1.165, 1.54) is 0 Å². The fourth-order valence-corrected chi connectivity index (χ4v) is 2.60. The molecule has 0 spiro atoms. The Hall–Kier alpha value is -2.53. The van der Waals surface area contributed by atoms with E-state index in [9.17, 15) is 9.90 Å². The zero-order valence-electron chi connectivity index (χ0n) is 14.4. The summed E-state index contributed by atoms with van der Waals surface area (Å²) in [6, 6.07) is 12.7. The second-order valence-electron chi connectivity index (χ2n) is 5.36. The number of nitrogens with one attached hydrogen (secondary N) is 1. The monoisotopic (exact) mass is 328 g/mol. The lowest BCUT2D eigenvalue weighted by molar-refractivity contribution is 0.102. The SMILES string of the molecule is CCN(CC)c1ccc(C(=O)Nc2ccc(OC)c(CO)c2)cc1. The predicted molar refractivity (Wildman–Crippen MR) is 96.9 cm³/mol. The van der Waals surface area contributed by atoms with E-state index in [0.717, 1.165) is 18.8 Å². The lowest BCUT2D eigenvalue weighted by atomic mass is 10.1. The number of anilines is 2. The summed E-state index contributed by atoms with van der Waals surface area (Å²) in [6.07, 6.45) is 0. The number of nitrogens with zero attached hydrogens (tertiary/aromatic N) is 1. The molecule has 2 N–H and O–H groups in total. The summed E-state index contributed by atoms with van der Waals surface area (Å²) in [5.41, 5.74) is 2.95. The highest BCUT2D eigenvalue weighted by molar-refractivity contribution is 6.04. The van der Waals surface area contributed by atoms with Gasteiger partial charge in [-0.05, 0) is 56.3 Å². The van der Waals surface area contributed by atoms with Crippen molar-refractivity contribution in [3.63, 3.8) is 0 Å². The average Bonchev–Trinajstić information content (AvgIpc) is 2.63. The topological polar surface area (TPSA) is 61.8 Å². The Labute approximate surface area is 142 Å². The molecule has 24 heavy (non-hydrogen) atoms. The van der Waals surface area contributed by atoms with E-state index in [0.29, 0.717) is 22.6 Å². The van der Waals surface area contributed by atoms with Gasteiger partial charge in [-0.1, -0.05) is 0 Å². The van der Waals surface area contributed by atoms with Crippen molar-refractivity contribution in [1.29, 1.82) is 0 Å². The van der Waals surface area contributed by atoms with Crippen molar-refractivity contribution in [2.24, 2.45) is 0 Å². The van der Waals surface area contributed by atoms with Crippen LogP contribution in [0.5, 0.6) is 5.75 Å². The highest BCUT2D eigenvalue weighted by Gasteiger charge is 2.09. The standard InChI is InChI=1S/C19H24N2O3/c1-4-21(5-2)17-9-6-14(7-10-17)19(23)20-16-8-11-18(24-3)15(12-16)13-22/h6-12,22H,4-5,13H2,1-3H3,(H,20,23).